The maximum Gasteiger partial charge on any atom is 0.272 e. The first-order valence-corrected chi connectivity index (χ1v) is 9.85. The Morgan fingerprint density at radius 1 is 1.04 bits per heavy atom. The fourth-order valence-corrected chi connectivity index (χ4v) is 3.83. The molecule has 0 bridgehead atoms. The summed E-state index contributed by atoms with van der Waals surface area (Å²) in [7, 11) is 0. The molecule has 0 atom stereocenters. The zero-order valence-electron chi connectivity index (χ0n) is 15.2. The van der Waals surface area contributed by atoms with Crippen LogP contribution in [-0.4, -0.2) is 48.3 Å². The van der Waals surface area contributed by atoms with E-state index in [1.807, 2.05) is 6.07 Å². The highest BCUT2D eigenvalue weighted by Crippen LogP contribution is 2.24. The Morgan fingerprint density at radius 2 is 1.82 bits per heavy atom. The molecule has 1 saturated heterocycles. The number of nitrogens with zero attached hydrogens (tertiary/aromatic N) is 5. The Balaban J connectivity index is 1.30. The molecule has 0 radical (unpaired) electrons. The van der Waals surface area contributed by atoms with Gasteiger partial charge in [0.15, 0.2) is 5.13 Å². The number of piperazine rings is 1. The highest BCUT2D eigenvalue weighted by Gasteiger charge is 2.19. The summed E-state index contributed by atoms with van der Waals surface area (Å²) in [6.07, 6.45) is 6.53. The third-order valence-corrected chi connectivity index (χ3v) is 5.46. The Bertz CT molecular complexity index is 936. The second-order valence-electron chi connectivity index (χ2n) is 6.30. The predicted octanol–water partition coefficient (Wildman–Crippen LogP) is 2.63. The number of para-hydroxylation sites is 1. The Morgan fingerprint density at radius 3 is 2.57 bits per heavy atom. The molecule has 0 spiro atoms. The zero-order chi connectivity index (χ0) is 19.2. The Kier molecular flexibility index (Phi) is 5.58. The number of carbonyl (C=O) groups excluding carboxylic acids is 1. The van der Waals surface area contributed by atoms with Crippen molar-refractivity contribution < 1.29 is 4.79 Å². The van der Waals surface area contributed by atoms with Crippen molar-refractivity contribution in [3.8, 4) is 0 Å². The first-order chi connectivity index (χ1) is 13.8. The van der Waals surface area contributed by atoms with Gasteiger partial charge in [-0.1, -0.05) is 29.5 Å². The normalized spacial score (nSPS) is 14.4. The highest BCUT2D eigenvalue weighted by atomic mass is 32.1. The quantitative estimate of drug-likeness (QED) is 0.534. The average Bonchev–Trinajstić information content (AvgIpc) is 3.24. The Hall–Kier alpha value is -3.26. The van der Waals surface area contributed by atoms with Gasteiger partial charge in [0.1, 0.15) is 0 Å². The van der Waals surface area contributed by atoms with Gasteiger partial charge in [-0.2, -0.15) is 5.10 Å². The minimum atomic E-state index is -0.286. The van der Waals surface area contributed by atoms with Gasteiger partial charge in [-0.15, -0.1) is 0 Å². The summed E-state index contributed by atoms with van der Waals surface area (Å²) in [5.41, 5.74) is 4.24. The van der Waals surface area contributed by atoms with Crippen molar-refractivity contribution >= 4 is 34.3 Å². The van der Waals surface area contributed by atoms with Gasteiger partial charge in [0.25, 0.3) is 5.91 Å². The molecule has 8 heteroatoms. The molecule has 7 nitrogen and oxygen atoms in total. The lowest BCUT2D eigenvalue weighted by molar-refractivity contribution is 0.0955. The maximum absolute atomic E-state index is 11.9. The number of hydrazone groups is 1. The molecule has 1 aliphatic rings. The summed E-state index contributed by atoms with van der Waals surface area (Å²) in [4.78, 5) is 25.9. The lowest BCUT2D eigenvalue weighted by atomic mass is 10.2. The van der Waals surface area contributed by atoms with Gasteiger partial charge in [0.05, 0.1) is 16.7 Å². The summed E-state index contributed by atoms with van der Waals surface area (Å²) in [6.45, 7) is 3.79. The molecule has 0 saturated carbocycles. The van der Waals surface area contributed by atoms with Crippen molar-refractivity contribution in [3.63, 3.8) is 0 Å². The number of benzene rings is 1. The molecule has 3 heterocycles. The van der Waals surface area contributed by atoms with E-state index in [1.165, 1.54) is 11.9 Å². The molecule has 1 N–H and O–H groups in total. The van der Waals surface area contributed by atoms with Gasteiger partial charge in [0.2, 0.25) is 0 Å². The van der Waals surface area contributed by atoms with Gasteiger partial charge in [-0.05, 0) is 24.3 Å². The summed E-state index contributed by atoms with van der Waals surface area (Å²) in [5, 5.41) is 5.00. The maximum atomic E-state index is 11.9. The van der Waals surface area contributed by atoms with E-state index < -0.39 is 0 Å². The van der Waals surface area contributed by atoms with Crippen LogP contribution in [0.25, 0.3) is 0 Å². The van der Waals surface area contributed by atoms with Crippen molar-refractivity contribution in [3.05, 3.63) is 71.5 Å². The van der Waals surface area contributed by atoms with E-state index in [1.54, 1.807) is 42.1 Å². The second kappa shape index (κ2) is 8.62. The van der Waals surface area contributed by atoms with Crippen LogP contribution in [0, 0.1) is 0 Å². The van der Waals surface area contributed by atoms with E-state index in [4.69, 9.17) is 0 Å². The third kappa shape index (κ3) is 4.34. The number of anilines is 2. The fourth-order valence-electron chi connectivity index (χ4n) is 2.99. The van der Waals surface area contributed by atoms with Crippen molar-refractivity contribution in [2.24, 2.45) is 5.10 Å². The number of hydrogen-bond donors (Lipinski definition) is 1. The molecule has 142 valence electrons. The smallest absolute Gasteiger partial charge is 0.272 e. The molecule has 4 rings (SSSR count). The Labute approximate surface area is 167 Å². The van der Waals surface area contributed by atoms with E-state index in [0.29, 0.717) is 5.56 Å². The number of rotatable bonds is 5. The minimum Gasteiger partial charge on any atom is -0.368 e. The zero-order valence-corrected chi connectivity index (χ0v) is 16.0. The third-order valence-electron chi connectivity index (χ3n) is 4.46. The highest BCUT2D eigenvalue weighted by molar-refractivity contribution is 7.17. The van der Waals surface area contributed by atoms with Crippen LogP contribution in [0.5, 0.6) is 0 Å². The first kappa shape index (κ1) is 18.1. The number of hydrogen-bond acceptors (Lipinski definition) is 7. The van der Waals surface area contributed by atoms with Gasteiger partial charge in [-0.25, -0.2) is 10.4 Å². The van der Waals surface area contributed by atoms with Crippen LogP contribution >= 0.6 is 11.3 Å². The van der Waals surface area contributed by atoms with E-state index in [9.17, 15) is 4.79 Å². The SMILES string of the molecule is O=C(N/N=C\c1cnc(N2CCN(c3ccccc3)CC2)s1)c1cccnc1. The molecule has 0 unspecified atom stereocenters. The van der Waals surface area contributed by atoms with Crippen molar-refractivity contribution in [1.82, 2.24) is 15.4 Å². The monoisotopic (exact) mass is 392 g/mol. The number of pyridine rings is 1. The number of amides is 1. The van der Waals surface area contributed by atoms with E-state index >= 15 is 0 Å². The summed E-state index contributed by atoms with van der Waals surface area (Å²) in [6, 6.07) is 13.9. The summed E-state index contributed by atoms with van der Waals surface area (Å²) < 4.78 is 0. The van der Waals surface area contributed by atoms with Gasteiger partial charge >= 0.3 is 0 Å². The number of aromatic nitrogens is 2. The van der Waals surface area contributed by atoms with Crippen LogP contribution in [-0.2, 0) is 0 Å². The van der Waals surface area contributed by atoms with Crippen molar-refractivity contribution in [2.75, 3.05) is 36.0 Å². The van der Waals surface area contributed by atoms with Crippen LogP contribution in [0.3, 0.4) is 0 Å². The predicted molar refractivity (Wildman–Crippen MR) is 112 cm³/mol. The molecular weight excluding hydrogens is 372 g/mol. The molecular formula is C20H20N6OS. The minimum absolute atomic E-state index is 0.286. The van der Waals surface area contributed by atoms with Crippen LogP contribution < -0.4 is 15.2 Å². The van der Waals surface area contributed by atoms with Crippen LogP contribution in [0.4, 0.5) is 10.8 Å². The van der Waals surface area contributed by atoms with E-state index in [0.717, 1.165) is 36.2 Å². The van der Waals surface area contributed by atoms with E-state index in [2.05, 4.69) is 54.6 Å². The van der Waals surface area contributed by atoms with Crippen LogP contribution in [0.2, 0.25) is 0 Å². The molecule has 1 amide bonds. The van der Waals surface area contributed by atoms with E-state index in [-0.39, 0.29) is 5.91 Å². The van der Waals surface area contributed by atoms with Gasteiger partial charge < -0.3 is 9.80 Å². The molecule has 3 aromatic rings. The molecule has 28 heavy (non-hydrogen) atoms. The lowest BCUT2D eigenvalue weighted by Gasteiger charge is -2.35. The number of carbonyl (C=O) groups is 1. The largest absolute Gasteiger partial charge is 0.368 e. The molecule has 2 aromatic heterocycles. The molecule has 1 aromatic carbocycles. The van der Waals surface area contributed by atoms with Crippen molar-refractivity contribution in [1.29, 1.82) is 0 Å². The average molecular weight is 392 g/mol. The lowest BCUT2D eigenvalue weighted by Crippen LogP contribution is -2.46. The molecule has 1 fully saturated rings. The fraction of sp³-hybridized carbons (Fsp3) is 0.200. The summed E-state index contributed by atoms with van der Waals surface area (Å²) >= 11 is 1.57. The van der Waals surface area contributed by atoms with Gasteiger partial charge in [-0.3, -0.25) is 9.78 Å². The van der Waals surface area contributed by atoms with Crippen LogP contribution in [0.15, 0.2) is 66.2 Å². The standard InChI is InChI=1S/C20H20N6OS/c27-19(16-5-4-8-21-13-16)24-23-15-18-14-22-20(28-18)26-11-9-25(10-12-26)17-6-2-1-3-7-17/h1-8,13-15H,9-12H2,(H,24,27)/b23-15-. The molecule has 0 aliphatic carbocycles. The number of thiazole rings is 1. The second-order valence-corrected chi connectivity index (χ2v) is 7.34. The first-order valence-electron chi connectivity index (χ1n) is 9.04. The molecule has 1 aliphatic heterocycles. The topological polar surface area (TPSA) is 73.7 Å². The summed E-state index contributed by atoms with van der Waals surface area (Å²) in [5.74, 6) is -0.286. The van der Waals surface area contributed by atoms with Crippen molar-refractivity contribution in [2.45, 2.75) is 0 Å². The van der Waals surface area contributed by atoms with Gasteiger partial charge in [0, 0.05) is 50.5 Å². The number of nitrogens with one attached hydrogen (secondary N) is 1. The van der Waals surface area contributed by atoms with Crippen LogP contribution in [0.1, 0.15) is 15.2 Å².